The quantitative estimate of drug-likeness (QED) is 0.916. The first-order chi connectivity index (χ1) is 11.4. The summed E-state index contributed by atoms with van der Waals surface area (Å²) in [6.07, 6.45) is 0.909. The molecule has 0 aromatic heterocycles. The third-order valence-corrected chi connectivity index (χ3v) is 5.40. The van der Waals surface area contributed by atoms with Gasteiger partial charge < -0.3 is 10.6 Å². The molecule has 3 atom stereocenters. The van der Waals surface area contributed by atoms with Crippen molar-refractivity contribution < 1.29 is 9.59 Å². The van der Waals surface area contributed by atoms with Gasteiger partial charge in [0.25, 0.3) is 0 Å². The summed E-state index contributed by atoms with van der Waals surface area (Å²) >= 11 is 0. The van der Waals surface area contributed by atoms with Crippen molar-refractivity contribution in [2.24, 2.45) is 11.7 Å². The van der Waals surface area contributed by atoms with Crippen LogP contribution >= 0.6 is 0 Å². The Hall–Kier alpha value is -1.88. The van der Waals surface area contributed by atoms with Gasteiger partial charge in [-0.1, -0.05) is 12.1 Å². The highest BCUT2D eigenvalue weighted by molar-refractivity contribution is 5.92. The number of hydrogen-bond donors (Lipinski definition) is 1. The normalized spacial score (nSPS) is 27.3. The second-order valence-electron chi connectivity index (χ2n) is 7.40. The molecule has 5 nitrogen and oxygen atoms in total. The molecule has 2 fully saturated rings. The Bertz CT molecular complexity index is 626. The Morgan fingerprint density at radius 2 is 1.83 bits per heavy atom. The van der Waals surface area contributed by atoms with Gasteiger partial charge in [0, 0.05) is 43.2 Å². The van der Waals surface area contributed by atoms with Crippen LogP contribution in [-0.2, 0) is 4.79 Å². The van der Waals surface area contributed by atoms with Crippen LogP contribution in [0.2, 0.25) is 0 Å². The number of primary amides is 1. The molecule has 2 amide bonds. The minimum Gasteiger partial charge on any atom is -0.366 e. The van der Waals surface area contributed by atoms with Crippen LogP contribution in [0, 0.1) is 5.92 Å². The Kier molecular flexibility index (Phi) is 4.63. The Morgan fingerprint density at radius 3 is 2.38 bits per heavy atom. The van der Waals surface area contributed by atoms with E-state index in [1.165, 1.54) is 0 Å². The second-order valence-corrected chi connectivity index (χ2v) is 7.40. The maximum atomic E-state index is 12.8. The van der Waals surface area contributed by atoms with Crippen LogP contribution in [0.25, 0.3) is 0 Å². The molecule has 3 rings (SSSR count). The summed E-state index contributed by atoms with van der Waals surface area (Å²) in [4.78, 5) is 28.5. The highest BCUT2D eigenvalue weighted by Gasteiger charge is 2.47. The number of hydrogen-bond acceptors (Lipinski definition) is 3. The van der Waals surface area contributed by atoms with Crippen LogP contribution in [0.5, 0.6) is 0 Å². The van der Waals surface area contributed by atoms with Crippen molar-refractivity contribution >= 4 is 11.8 Å². The van der Waals surface area contributed by atoms with Crippen LogP contribution < -0.4 is 5.73 Å². The van der Waals surface area contributed by atoms with Gasteiger partial charge in [-0.05, 0) is 50.8 Å². The van der Waals surface area contributed by atoms with Gasteiger partial charge in [0.15, 0.2) is 0 Å². The molecule has 1 heterocycles. The van der Waals surface area contributed by atoms with Gasteiger partial charge in [-0.15, -0.1) is 0 Å². The highest BCUT2D eigenvalue weighted by Crippen LogP contribution is 2.48. The van der Waals surface area contributed by atoms with Gasteiger partial charge in [-0.25, -0.2) is 0 Å². The van der Waals surface area contributed by atoms with E-state index in [1.807, 2.05) is 12.1 Å². The predicted octanol–water partition coefficient (Wildman–Crippen LogP) is 1.83. The Balaban J connectivity index is 1.60. The van der Waals surface area contributed by atoms with E-state index in [1.54, 1.807) is 12.1 Å². The van der Waals surface area contributed by atoms with Gasteiger partial charge >= 0.3 is 0 Å². The summed E-state index contributed by atoms with van der Waals surface area (Å²) in [5, 5.41) is 0. The van der Waals surface area contributed by atoms with Crippen molar-refractivity contribution in [3.63, 3.8) is 0 Å². The molecule has 130 valence electrons. The second kappa shape index (κ2) is 6.55. The molecule has 1 aliphatic carbocycles. The highest BCUT2D eigenvalue weighted by atomic mass is 16.2. The lowest BCUT2D eigenvalue weighted by molar-refractivity contribution is -0.137. The van der Waals surface area contributed by atoms with Gasteiger partial charge in [0.05, 0.1) is 0 Å². The zero-order valence-electron chi connectivity index (χ0n) is 14.7. The van der Waals surface area contributed by atoms with E-state index in [0.29, 0.717) is 11.6 Å². The molecule has 2 aliphatic rings. The first-order valence-electron chi connectivity index (χ1n) is 8.82. The maximum Gasteiger partial charge on any atom is 0.248 e. The minimum absolute atomic E-state index is 0.0949. The largest absolute Gasteiger partial charge is 0.366 e. The van der Waals surface area contributed by atoms with Crippen LogP contribution in [-0.4, -0.2) is 53.3 Å². The third-order valence-electron chi connectivity index (χ3n) is 5.40. The zero-order chi connectivity index (χ0) is 17.4. The number of nitrogens with two attached hydrogens (primary N) is 1. The first kappa shape index (κ1) is 17.0. The van der Waals surface area contributed by atoms with Crippen molar-refractivity contribution in [2.75, 3.05) is 19.6 Å². The Morgan fingerprint density at radius 1 is 1.17 bits per heavy atom. The fraction of sp³-hybridized carbons (Fsp3) is 0.579. The summed E-state index contributed by atoms with van der Waals surface area (Å²) in [6.45, 7) is 9.29. The van der Waals surface area contributed by atoms with E-state index in [2.05, 4.69) is 30.6 Å². The molecule has 24 heavy (non-hydrogen) atoms. The van der Waals surface area contributed by atoms with Crippen molar-refractivity contribution in [3.8, 4) is 0 Å². The average molecular weight is 329 g/mol. The summed E-state index contributed by atoms with van der Waals surface area (Å²) in [7, 11) is 0. The molecule has 1 aliphatic heterocycles. The molecule has 1 saturated heterocycles. The summed E-state index contributed by atoms with van der Waals surface area (Å²) < 4.78 is 0. The number of carbonyl (C=O) groups excluding carboxylic acids is 2. The SMILES string of the molecule is CC(C)N1CCN(C(=O)[C@@H]2C[C@H]2c2ccc(C(N)=O)cc2)[C@H](C)C1. The number of carbonyl (C=O) groups is 2. The van der Waals surface area contributed by atoms with E-state index in [4.69, 9.17) is 5.73 Å². The number of nitrogens with zero attached hydrogens (tertiary/aromatic N) is 2. The van der Waals surface area contributed by atoms with Crippen LogP contribution in [0.1, 0.15) is 49.0 Å². The number of piperazine rings is 1. The third kappa shape index (κ3) is 3.31. The molecule has 0 radical (unpaired) electrons. The van der Waals surface area contributed by atoms with E-state index >= 15 is 0 Å². The molecule has 0 bridgehead atoms. The first-order valence-corrected chi connectivity index (χ1v) is 8.82. The van der Waals surface area contributed by atoms with Crippen molar-refractivity contribution in [2.45, 2.75) is 45.2 Å². The van der Waals surface area contributed by atoms with Crippen molar-refractivity contribution in [1.82, 2.24) is 9.80 Å². The van der Waals surface area contributed by atoms with Gasteiger partial charge in [0.2, 0.25) is 11.8 Å². The molecule has 1 aromatic carbocycles. The fourth-order valence-corrected chi connectivity index (χ4v) is 3.73. The van der Waals surface area contributed by atoms with Crippen molar-refractivity contribution in [3.05, 3.63) is 35.4 Å². The van der Waals surface area contributed by atoms with Gasteiger partial charge in [0.1, 0.15) is 0 Å². The van der Waals surface area contributed by atoms with Crippen LogP contribution in [0.4, 0.5) is 0 Å². The molecule has 1 saturated carbocycles. The Labute approximate surface area is 143 Å². The lowest BCUT2D eigenvalue weighted by Crippen LogP contribution is -2.56. The summed E-state index contributed by atoms with van der Waals surface area (Å²) in [5.41, 5.74) is 6.92. The lowest BCUT2D eigenvalue weighted by atomic mass is 10.1. The van der Waals surface area contributed by atoms with E-state index in [-0.39, 0.29) is 23.8 Å². The molecular weight excluding hydrogens is 302 g/mol. The predicted molar refractivity (Wildman–Crippen MR) is 93.7 cm³/mol. The zero-order valence-corrected chi connectivity index (χ0v) is 14.7. The van der Waals surface area contributed by atoms with Gasteiger partial charge in [-0.3, -0.25) is 14.5 Å². The van der Waals surface area contributed by atoms with Gasteiger partial charge in [-0.2, -0.15) is 0 Å². The number of rotatable bonds is 4. The monoisotopic (exact) mass is 329 g/mol. The van der Waals surface area contributed by atoms with E-state index < -0.39 is 5.91 Å². The fourth-order valence-electron chi connectivity index (χ4n) is 3.73. The molecular formula is C19H27N3O2. The molecule has 0 unspecified atom stereocenters. The maximum absolute atomic E-state index is 12.8. The summed E-state index contributed by atoms with van der Waals surface area (Å²) in [5.74, 6) is 0.254. The number of amides is 2. The van der Waals surface area contributed by atoms with E-state index in [0.717, 1.165) is 31.6 Å². The summed E-state index contributed by atoms with van der Waals surface area (Å²) in [6, 6.07) is 8.16. The van der Waals surface area contributed by atoms with Crippen LogP contribution in [0.3, 0.4) is 0 Å². The van der Waals surface area contributed by atoms with E-state index in [9.17, 15) is 9.59 Å². The average Bonchev–Trinajstić information content (AvgIpc) is 3.34. The topological polar surface area (TPSA) is 66.6 Å². The minimum atomic E-state index is -0.415. The molecule has 0 spiro atoms. The van der Waals surface area contributed by atoms with Crippen LogP contribution in [0.15, 0.2) is 24.3 Å². The molecule has 2 N–H and O–H groups in total. The smallest absolute Gasteiger partial charge is 0.248 e. The number of benzene rings is 1. The molecule has 5 heteroatoms. The standard InChI is InChI=1S/C19H27N3O2/c1-12(2)21-8-9-22(13(3)11-21)19(24)17-10-16(17)14-4-6-15(7-5-14)18(20)23/h4-7,12-13,16-17H,8-11H2,1-3H3,(H2,20,23)/t13-,16+,17-/m1/s1. The lowest BCUT2D eigenvalue weighted by Gasteiger charge is -2.41. The molecule has 1 aromatic rings. The van der Waals surface area contributed by atoms with Crippen molar-refractivity contribution in [1.29, 1.82) is 0 Å².